The molecule has 6 nitrogen and oxygen atoms in total. The zero-order chi connectivity index (χ0) is 17.3. The molecule has 0 saturated heterocycles. The summed E-state index contributed by atoms with van der Waals surface area (Å²) in [6.45, 7) is 3.45. The van der Waals surface area contributed by atoms with E-state index in [4.69, 9.17) is 0 Å². The third kappa shape index (κ3) is 3.08. The highest BCUT2D eigenvalue weighted by atomic mass is 32.1. The summed E-state index contributed by atoms with van der Waals surface area (Å²) in [4.78, 5) is 20.6. The Labute approximate surface area is 142 Å². The van der Waals surface area contributed by atoms with Crippen LogP contribution >= 0.6 is 11.3 Å². The van der Waals surface area contributed by atoms with E-state index >= 15 is 0 Å². The number of fused-ring (bicyclic) bond motifs is 1. The predicted octanol–water partition coefficient (Wildman–Crippen LogP) is 2.91. The molecule has 0 saturated carbocycles. The van der Waals surface area contributed by atoms with Crippen LogP contribution in [-0.2, 0) is 4.79 Å². The molecule has 24 heavy (non-hydrogen) atoms. The molecular formula is C17H17N3O3S. The number of hydrogen-bond donors (Lipinski definition) is 3. The van der Waals surface area contributed by atoms with Gasteiger partial charge in [0.2, 0.25) is 0 Å². The van der Waals surface area contributed by atoms with Gasteiger partial charge in [-0.05, 0) is 19.4 Å². The molecule has 0 radical (unpaired) electrons. The number of benzene rings is 1. The van der Waals surface area contributed by atoms with Gasteiger partial charge in [0.25, 0.3) is 0 Å². The van der Waals surface area contributed by atoms with Gasteiger partial charge >= 0.3 is 5.97 Å². The third-order valence-electron chi connectivity index (χ3n) is 3.77. The first-order valence-electron chi connectivity index (χ1n) is 7.44. The molecule has 0 spiro atoms. The van der Waals surface area contributed by atoms with Gasteiger partial charge in [-0.3, -0.25) is 0 Å². The number of aliphatic carboxylic acids is 1. The lowest BCUT2D eigenvalue weighted by Crippen LogP contribution is -2.39. The summed E-state index contributed by atoms with van der Waals surface area (Å²) >= 11 is 1.47. The van der Waals surface area contributed by atoms with Crippen molar-refractivity contribution in [2.75, 3.05) is 5.32 Å². The number of carboxylic acid groups (broad SMARTS) is 1. The van der Waals surface area contributed by atoms with E-state index in [9.17, 15) is 15.0 Å². The van der Waals surface area contributed by atoms with Crippen LogP contribution in [0.3, 0.4) is 0 Å². The number of hydrogen-bond acceptors (Lipinski definition) is 6. The van der Waals surface area contributed by atoms with E-state index < -0.39 is 18.1 Å². The number of carbonyl (C=O) groups is 1. The number of nitrogens with one attached hydrogen (secondary N) is 1. The maximum atomic E-state index is 11.3. The summed E-state index contributed by atoms with van der Waals surface area (Å²) in [7, 11) is 0. The number of aryl methyl sites for hydroxylation is 1. The number of nitrogens with zero attached hydrogens (tertiary/aromatic N) is 2. The number of carboxylic acids is 1. The van der Waals surface area contributed by atoms with Crippen LogP contribution in [-0.4, -0.2) is 38.3 Å². The molecule has 2 atom stereocenters. The number of aliphatic hydroxyl groups excluding tert-OH is 1. The highest BCUT2D eigenvalue weighted by molar-refractivity contribution is 7.17. The number of anilines is 1. The second-order valence-electron chi connectivity index (χ2n) is 5.62. The molecule has 0 bridgehead atoms. The van der Waals surface area contributed by atoms with Gasteiger partial charge in [0.1, 0.15) is 17.0 Å². The minimum Gasteiger partial charge on any atom is -0.480 e. The van der Waals surface area contributed by atoms with E-state index in [2.05, 4.69) is 15.3 Å². The molecule has 0 amide bonds. The van der Waals surface area contributed by atoms with Gasteiger partial charge in [-0.25, -0.2) is 14.8 Å². The van der Waals surface area contributed by atoms with Gasteiger partial charge < -0.3 is 15.5 Å². The normalized spacial score (nSPS) is 13.6. The highest BCUT2D eigenvalue weighted by Gasteiger charge is 2.25. The van der Waals surface area contributed by atoms with Gasteiger partial charge in [0, 0.05) is 10.9 Å². The van der Waals surface area contributed by atoms with Crippen LogP contribution in [0.25, 0.3) is 21.3 Å². The first-order chi connectivity index (χ1) is 11.5. The van der Waals surface area contributed by atoms with Crippen LogP contribution in [0.1, 0.15) is 12.5 Å². The lowest BCUT2D eigenvalue weighted by Gasteiger charge is -2.18. The minimum absolute atomic E-state index is 0.408. The third-order valence-corrected chi connectivity index (χ3v) is 4.66. The van der Waals surface area contributed by atoms with E-state index in [1.807, 2.05) is 36.6 Å². The van der Waals surface area contributed by atoms with Crippen molar-refractivity contribution >= 4 is 33.3 Å². The first kappa shape index (κ1) is 16.4. The second-order valence-corrected chi connectivity index (χ2v) is 6.48. The zero-order valence-electron chi connectivity index (χ0n) is 13.2. The lowest BCUT2D eigenvalue weighted by molar-refractivity contribution is -0.140. The van der Waals surface area contributed by atoms with Crippen molar-refractivity contribution in [2.24, 2.45) is 0 Å². The fraction of sp³-hybridized carbons (Fsp3) is 0.235. The molecule has 0 aliphatic rings. The topological polar surface area (TPSA) is 95.3 Å². The molecule has 2 unspecified atom stereocenters. The molecule has 2 heterocycles. The maximum absolute atomic E-state index is 11.3. The van der Waals surface area contributed by atoms with Crippen molar-refractivity contribution < 1.29 is 15.0 Å². The Hall–Kier alpha value is -2.51. The Morgan fingerprint density at radius 1 is 1.25 bits per heavy atom. The van der Waals surface area contributed by atoms with Crippen LogP contribution < -0.4 is 5.32 Å². The fourth-order valence-corrected chi connectivity index (χ4v) is 3.38. The van der Waals surface area contributed by atoms with Crippen molar-refractivity contribution in [1.29, 1.82) is 0 Å². The van der Waals surface area contributed by atoms with Gasteiger partial charge in [-0.2, -0.15) is 0 Å². The summed E-state index contributed by atoms with van der Waals surface area (Å²) in [6, 6.07) is 6.92. The van der Waals surface area contributed by atoms with Crippen molar-refractivity contribution in [3.8, 4) is 11.1 Å². The molecule has 3 N–H and O–H groups in total. The average molecular weight is 343 g/mol. The summed E-state index contributed by atoms with van der Waals surface area (Å²) in [5.41, 5.74) is 3.11. The maximum Gasteiger partial charge on any atom is 0.328 e. The Bertz CT molecular complexity index is 874. The number of aromatic nitrogens is 2. The Morgan fingerprint density at radius 2 is 1.96 bits per heavy atom. The van der Waals surface area contributed by atoms with Gasteiger partial charge in [0.15, 0.2) is 6.04 Å². The number of aliphatic hydroxyl groups is 1. The Kier molecular flexibility index (Phi) is 4.46. The van der Waals surface area contributed by atoms with E-state index in [0.29, 0.717) is 5.82 Å². The van der Waals surface area contributed by atoms with Gasteiger partial charge in [-0.1, -0.05) is 29.8 Å². The SMILES string of the molecule is Cc1ccc(-c2csc3ncnc(NC(C(=O)O)C(C)O)c23)cc1. The Balaban J connectivity index is 2.10. The highest BCUT2D eigenvalue weighted by Crippen LogP contribution is 2.36. The number of rotatable bonds is 5. The van der Waals surface area contributed by atoms with E-state index in [0.717, 1.165) is 26.9 Å². The molecule has 0 aliphatic carbocycles. The Morgan fingerprint density at radius 3 is 2.58 bits per heavy atom. The van der Waals surface area contributed by atoms with Crippen LogP contribution in [0.15, 0.2) is 36.0 Å². The molecule has 3 rings (SSSR count). The van der Waals surface area contributed by atoms with Crippen LogP contribution in [0.2, 0.25) is 0 Å². The molecule has 1 aromatic carbocycles. The summed E-state index contributed by atoms with van der Waals surface area (Å²) in [5.74, 6) is -0.728. The van der Waals surface area contributed by atoms with E-state index in [1.165, 1.54) is 24.6 Å². The fourth-order valence-electron chi connectivity index (χ4n) is 2.47. The van der Waals surface area contributed by atoms with E-state index in [1.54, 1.807) is 0 Å². The number of thiophene rings is 1. The zero-order valence-corrected chi connectivity index (χ0v) is 14.0. The molecule has 2 aromatic heterocycles. The molecule has 124 valence electrons. The second kappa shape index (κ2) is 6.54. The summed E-state index contributed by atoms with van der Waals surface area (Å²) in [6.07, 6.45) is 0.329. The predicted molar refractivity (Wildman–Crippen MR) is 94.3 cm³/mol. The van der Waals surface area contributed by atoms with Crippen molar-refractivity contribution in [1.82, 2.24) is 9.97 Å². The molecule has 0 aliphatic heterocycles. The van der Waals surface area contributed by atoms with Crippen molar-refractivity contribution in [3.05, 3.63) is 41.5 Å². The van der Waals surface area contributed by atoms with Crippen LogP contribution in [0.4, 0.5) is 5.82 Å². The minimum atomic E-state index is -1.14. The largest absolute Gasteiger partial charge is 0.480 e. The lowest BCUT2D eigenvalue weighted by atomic mass is 10.0. The van der Waals surface area contributed by atoms with Crippen LogP contribution in [0.5, 0.6) is 0 Å². The van der Waals surface area contributed by atoms with Crippen molar-refractivity contribution in [3.63, 3.8) is 0 Å². The van der Waals surface area contributed by atoms with E-state index in [-0.39, 0.29) is 0 Å². The van der Waals surface area contributed by atoms with Gasteiger partial charge in [0.05, 0.1) is 11.5 Å². The monoisotopic (exact) mass is 343 g/mol. The average Bonchev–Trinajstić information content (AvgIpc) is 2.97. The van der Waals surface area contributed by atoms with Crippen molar-refractivity contribution in [2.45, 2.75) is 26.0 Å². The summed E-state index contributed by atoms with van der Waals surface area (Å²) < 4.78 is 0. The molecule has 7 heteroatoms. The molecule has 0 fully saturated rings. The molecular weight excluding hydrogens is 326 g/mol. The molecule has 3 aromatic rings. The first-order valence-corrected chi connectivity index (χ1v) is 8.32. The quantitative estimate of drug-likeness (QED) is 0.659. The standard InChI is InChI=1S/C17H17N3O3S/c1-9-3-5-11(6-4-9)12-7-24-16-13(12)15(18-8-19-16)20-14(10(2)21)17(22)23/h3-8,10,14,21H,1-2H3,(H,22,23)(H,18,19,20). The smallest absolute Gasteiger partial charge is 0.328 e. The van der Waals surface area contributed by atoms with Crippen LogP contribution in [0, 0.1) is 6.92 Å². The summed E-state index contributed by atoms with van der Waals surface area (Å²) in [5, 5.41) is 24.6. The van der Waals surface area contributed by atoms with Gasteiger partial charge in [-0.15, -0.1) is 11.3 Å².